The Morgan fingerprint density at radius 2 is 2.09 bits per heavy atom. The number of thioether (sulfide) groups is 1. The first kappa shape index (κ1) is 11.3. The van der Waals surface area contributed by atoms with E-state index in [0.29, 0.717) is 12.6 Å². The normalized spacial score (nSPS) is 16.4. The molecule has 68 valence electrons. The second kappa shape index (κ2) is 6.95. The Morgan fingerprint density at radius 1 is 1.45 bits per heavy atom. The average Bonchev–Trinajstić information content (AvgIpc) is 1.97. The van der Waals surface area contributed by atoms with Crippen molar-refractivity contribution in [3.05, 3.63) is 0 Å². The van der Waals surface area contributed by atoms with E-state index in [9.17, 15) is 0 Å². The van der Waals surface area contributed by atoms with Gasteiger partial charge in [0.1, 0.15) is 0 Å². The summed E-state index contributed by atoms with van der Waals surface area (Å²) in [4.78, 5) is 0. The molecule has 0 aliphatic rings. The lowest BCUT2D eigenvalue weighted by Crippen LogP contribution is -2.34. The number of rotatable bonds is 6. The predicted octanol–water partition coefficient (Wildman–Crippen LogP) is 1.10. The summed E-state index contributed by atoms with van der Waals surface area (Å²) in [6.45, 7) is 6.80. The maximum absolute atomic E-state index is 8.96. The van der Waals surface area contributed by atoms with E-state index in [1.165, 1.54) is 5.75 Å². The van der Waals surface area contributed by atoms with Gasteiger partial charge in [-0.25, -0.2) is 0 Å². The van der Waals surface area contributed by atoms with Gasteiger partial charge >= 0.3 is 0 Å². The smallest absolute Gasteiger partial charge is 0.0636 e. The van der Waals surface area contributed by atoms with E-state index < -0.39 is 0 Å². The van der Waals surface area contributed by atoms with Crippen molar-refractivity contribution in [3.8, 4) is 0 Å². The Hall–Kier alpha value is 0.270. The lowest BCUT2D eigenvalue weighted by molar-refractivity contribution is 0.188. The van der Waals surface area contributed by atoms with Crippen molar-refractivity contribution in [2.75, 3.05) is 18.1 Å². The van der Waals surface area contributed by atoms with Crippen LogP contribution in [0.15, 0.2) is 0 Å². The molecule has 0 rings (SSSR count). The Bertz CT molecular complexity index is 88.2. The zero-order valence-corrected chi connectivity index (χ0v) is 8.45. The van der Waals surface area contributed by atoms with E-state index in [0.717, 1.165) is 5.75 Å². The highest BCUT2D eigenvalue weighted by molar-refractivity contribution is 7.99. The number of nitrogens with one attached hydrogen (secondary N) is 1. The van der Waals surface area contributed by atoms with Crippen molar-refractivity contribution >= 4 is 11.8 Å². The van der Waals surface area contributed by atoms with E-state index in [-0.39, 0.29) is 6.10 Å². The lowest BCUT2D eigenvalue weighted by Gasteiger charge is -2.13. The van der Waals surface area contributed by atoms with E-state index in [2.05, 4.69) is 19.2 Å². The van der Waals surface area contributed by atoms with Crippen LogP contribution in [0.1, 0.15) is 20.8 Å². The Balaban J connectivity index is 3.15. The highest BCUT2D eigenvalue weighted by atomic mass is 32.2. The van der Waals surface area contributed by atoms with Gasteiger partial charge in [0.05, 0.1) is 6.10 Å². The van der Waals surface area contributed by atoms with E-state index in [1.54, 1.807) is 6.92 Å². The van der Waals surface area contributed by atoms with Crippen LogP contribution in [0.4, 0.5) is 0 Å². The summed E-state index contributed by atoms with van der Waals surface area (Å²) in [6.07, 6.45) is -0.232. The molecular weight excluding hydrogens is 158 g/mol. The number of aliphatic hydroxyl groups is 1. The third kappa shape index (κ3) is 8.17. The van der Waals surface area contributed by atoms with Crippen LogP contribution in [0.5, 0.6) is 0 Å². The van der Waals surface area contributed by atoms with E-state index in [4.69, 9.17) is 5.11 Å². The first-order valence-corrected chi connectivity index (χ1v) is 5.31. The van der Waals surface area contributed by atoms with E-state index >= 15 is 0 Å². The molecule has 0 bridgehead atoms. The second-order valence-electron chi connectivity index (χ2n) is 2.82. The molecule has 0 aromatic rings. The van der Waals surface area contributed by atoms with Gasteiger partial charge < -0.3 is 10.4 Å². The van der Waals surface area contributed by atoms with E-state index in [1.807, 2.05) is 11.8 Å². The van der Waals surface area contributed by atoms with Crippen molar-refractivity contribution in [2.24, 2.45) is 0 Å². The minimum atomic E-state index is -0.232. The number of aliphatic hydroxyl groups excluding tert-OH is 1. The monoisotopic (exact) mass is 177 g/mol. The molecule has 0 radical (unpaired) electrons. The molecule has 2 N–H and O–H groups in total. The second-order valence-corrected chi connectivity index (χ2v) is 4.14. The van der Waals surface area contributed by atoms with Crippen LogP contribution in [-0.4, -0.2) is 35.3 Å². The molecular formula is C8H19NOS. The van der Waals surface area contributed by atoms with Crippen LogP contribution >= 0.6 is 11.8 Å². The van der Waals surface area contributed by atoms with Crippen molar-refractivity contribution in [3.63, 3.8) is 0 Å². The van der Waals surface area contributed by atoms with Gasteiger partial charge in [-0.1, -0.05) is 6.92 Å². The van der Waals surface area contributed by atoms with Gasteiger partial charge in [-0.15, -0.1) is 0 Å². The molecule has 0 spiro atoms. The standard InChI is InChI=1S/C8H19NOS/c1-4-11-6-7(2)9-5-8(3)10/h7-10H,4-6H2,1-3H3/t7?,8-/m0/s1. The predicted molar refractivity (Wildman–Crippen MR) is 52.1 cm³/mol. The molecule has 11 heavy (non-hydrogen) atoms. The molecule has 0 aliphatic heterocycles. The third-order valence-corrected chi connectivity index (χ3v) is 2.48. The third-order valence-electron chi connectivity index (χ3n) is 1.33. The van der Waals surface area contributed by atoms with Gasteiger partial charge in [-0.2, -0.15) is 11.8 Å². The summed E-state index contributed by atoms with van der Waals surface area (Å²) in [5.74, 6) is 2.30. The first-order chi connectivity index (χ1) is 5.16. The van der Waals surface area contributed by atoms with Gasteiger partial charge in [0.15, 0.2) is 0 Å². The van der Waals surface area contributed by atoms with Crippen LogP contribution in [0.3, 0.4) is 0 Å². The van der Waals surface area contributed by atoms with Crippen molar-refractivity contribution in [1.29, 1.82) is 0 Å². The molecule has 0 aromatic carbocycles. The quantitative estimate of drug-likeness (QED) is 0.637. The summed E-state index contributed by atoms with van der Waals surface area (Å²) >= 11 is 1.92. The number of hydrogen-bond acceptors (Lipinski definition) is 3. The summed E-state index contributed by atoms with van der Waals surface area (Å²) in [5, 5.41) is 12.2. The van der Waals surface area contributed by atoms with Crippen LogP contribution in [-0.2, 0) is 0 Å². The van der Waals surface area contributed by atoms with Gasteiger partial charge in [0.2, 0.25) is 0 Å². The Morgan fingerprint density at radius 3 is 2.55 bits per heavy atom. The SMILES string of the molecule is CCSCC(C)NC[C@H](C)O. The van der Waals surface area contributed by atoms with Crippen molar-refractivity contribution in [1.82, 2.24) is 5.32 Å². The zero-order chi connectivity index (χ0) is 8.69. The largest absolute Gasteiger partial charge is 0.392 e. The first-order valence-electron chi connectivity index (χ1n) is 4.16. The number of hydrogen-bond donors (Lipinski definition) is 2. The zero-order valence-electron chi connectivity index (χ0n) is 7.63. The fourth-order valence-electron chi connectivity index (χ4n) is 0.725. The maximum Gasteiger partial charge on any atom is 0.0636 e. The highest BCUT2D eigenvalue weighted by Crippen LogP contribution is 2.00. The van der Waals surface area contributed by atoms with Gasteiger partial charge in [0.25, 0.3) is 0 Å². The summed E-state index contributed by atoms with van der Waals surface area (Å²) in [5.41, 5.74) is 0. The van der Waals surface area contributed by atoms with Gasteiger partial charge in [-0.05, 0) is 19.6 Å². The average molecular weight is 177 g/mol. The molecule has 2 nitrogen and oxygen atoms in total. The Kier molecular flexibility index (Phi) is 7.12. The minimum absolute atomic E-state index is 0.232. The summed E-state index contributed by atoms with van der Waals surface area (Å²) < 4.78 is 0. The summed E-state index contributed by atoms with van der Waals surface area (Å²) in [7, 11) is 0. The molecule has 1 unspecified atom stereocenters. The van der Waals surface area contributed by atoms with Crippen LogP contribution < -0.4 is 5.32 Å². The Labute approximate surface area is 73.8 Å². The van der Waals surface area contributed by atoms with Crippen molar-refractivity contribution < 1.29 is 5.11 Å². The maximum atomic E-state index is 8.96. The molecule has 0 aliphatic carbocycles. The van der Waals surface area contributed by atoms with Crippen LogP contribution in [0.25, 0.3) is 0 Å². The molecule has 0 fully saturated rings. The summed E-state index contributed by atoms with van der Waals surface area (Å²) in [6, 6.07) is 0.509. The fourth-order valence-corrected chi connectivity index (χ4v) is 1.43. The lowest BCUT2D eigenvalue weighted by atomic mass is 10.3. The van der Waals surface area contributed by atoms with Crippen LogP contribution in [0, 0.1) is 0 Å². The minimum Gasteiger partial charge on any atom is -0.392 e. The van der Waals surface area contributed by atoms with Gasteiger partial charge in [-0.3, -0.25) is 0 Å². The molecule has 0 amide bonds. The molecule has 0 saturated heterocycles. The van der Waals surface area contributed by atoms with Crippen molar-refractivity contribution in [2.45, 2.75) is 32.9 Å². The molecule has 2 atom stereocenters. The molecule has 0 saturated carbocycles. The molecule has 3 heteroatoms. The topological polar surface area (TPSA) is 32.3 Å². The molecule has 0 aromatic heterocycles. The van der Waals surface area contributed by atoms with Crippen LogP contribution in [0.2, 0.25) is 0 Å². The fraction of sp³-hybridized carbons (Fsp3) is 1.00. The van der Waals surface area contributed by atoms with Gasteiger partial charge in [0, 0.05) is 18.3 Å². The molecule has 0 heterocycles. The highest BCUT2D eigenvalue weighted by Gasteiger charge is 2.01.